The number of halogens is 2. The first-order chi connectivity index (χ1) is 7.29. The molecule has 5 heteroatoms. The summed E-state index contributed by atoms with van der Waals surface area (Å²) in [6.07, 6.45) is 0. The number of carbonyl (C=O) groups is 1. The maximum Gasteiger partial charge on any atom is 0.251 e. The highest BCUT2D eigenvalue weighted by Gasteiger charge is 2.15. The van der Waals surface area contributed by atoms with E-state index in [0.717, 1.165) is 4.47 Å². The zero-order valence-electron chi connectivity index (χ0n) is 9.05. The van der Waals surface area contributed by atoms with Gasteiger partial charge in [-0.25, -0.2) is 0 Å². The minimum Gasteiger partial charge on any atom is -0.389 e. The number of nitrogens with one attached hydrogen (secondary N) is 1. The molecule has 1 rings (SSSR count). The standard InChI is InChI=1S/C11H13BrClNO2/c1-11(2,16)6-14-10(15)7-3-4-8(12)9(13)5-7/h3-5,16H,6H2,1-2H3,(H,14,15). The van der Waals surface area contributed by atoms with Crippen molar-refractivity contribution in [3.05, 3.63) is 33.3 Å². The zero-order chi connectivity index (χ0) is 12.3. The average Bonchev–Trinajstić information content (AvgIpc) is 2.17. The van der Waals surface area contributed by atoms with Gasteiger partial charge in [0, 0.05) is 16.6 Å². The molecule has 0 radical (unpaired) electrons. The second kappa shape index (κ2) is 5.17. The summed E-state index contributed by atoms with van der Waals surface area (Å²) in [6, 6.07) is 4.95. The van der Waals surface area contributed by atoms with Crippen molar-refractivity contribution in [2.45, 2.75) is 19.4 Å². The van der Waals surface area contributed by atoms with Gasteiger partial charge < -0.3 is 10.4 Å². The minimum atomic E-state index is -0.922. The minimum absolute atomic E-state index is 0.194. The monoisotopic (exact) mass is 305 g/mol. The molecule has 0 aliphatic heterocycles. The quantitative estimate of drug-likeness (QED) is 0.902. The molecule has 1 amide bonds. The lowest BCUT2D eigenvalue weighted by atomic mass is 10.1. The molecule has 0 spiro atoms. The third-order valence-corrected chi connectivity index (χ3v) is 3.10. The number of aliphatic hydroxyl groups is 1. The number of rotatable bonds is 3. The highest BCUT2D eigenvalue weighted by Crippen LogP contribution is 2.23. The molecule has 0 saturated heterocycles. The predicted octanol–water partition coefficient (Wildman–Crippen LogP) is 2.60. The summed E-state index contributed by atoms with van der Waals surface area (Å²) in [5.74, 6) is -0.253. The Labute approximate surface area is 108 Å². The number of hydrogen-bond donors (Lipinski definition) is 2. The van der Waals surface area contributed by atoms with Crippen LogP contribution in [0.25, 0.3) is 0 Å². The molecule has 0 aliphatic carbocycles. The molecule has 0 fully saturated rings. The van der Waals surface area contributed by atoms with E-state index in [4.69, 9.17) is 11.6 Å². The Morgan fingerprint density at radius 1 is 1.56 bits per heavy atom. The van der Waals surface area contributed by atoms with E-state index in [1.807, 2.05) is 0 Å². The average molecular weight is 307 g/mol. The summed E-state index contributed by atoms with van der Waals surface area (Å²) in [4.78, 5) is 11.7. The summed E-state index contributed by atoms with van der Waals surface area (Å²) in [5.41, 5.74) is -0.452. The van der Waals surface area contributed by atoms with E-state index in [9.17, 15) is 9.90 Å². The predicted molar refractivity (Wildman–Crippen MR) is 67.8 cm³/mol. The van der Waals surface area contributed by atoms with Crippen LogP contribution in [-0.2, 0) is 0 Å². The molecule has 3 nitrogen and oxygen atoms in total. The third-order valence-electron chi connectivity index (χ3n) is 1.86. The fraction of sp³-hybridized carbons (Fsp3) is 0.364. The van der Waals surface area contributed by atoms with E-state index in [0.29, 0.717) is 10.6 Å². The van der Waals surface area contributed by atoms with Crippen LogP contribution in [0.2, 0.25) is 5.02 Å². The molecule has 0 aromatic heterocycles. The van der Waals surface area contributed by atoms with Crippen molar-refractivity contribution < 1.29 is 9.90 Å². The van der Waals surface area contributed by atoms with Gasteiger partial charge in [0.2, 0.25) is 0 Å². The summed E-state index contributed by atoms with van der Waals surface area (Å²) in [5, 5.41) is 12.6. The molecule has 0 aliphatic rings. The number of amides is 1. The van der Waals surface area contributed by atoms with E-state index < -0.39 is 5.60 Å². The van der Waals surface area contributed by atoms with E-state index >= 15 is 0 Å². The van der Waals surface area contributed by atoms with Gasteiger partial charge in [-0.2, -0.15) is 0 Å². The van der Waals surface area contributed by atoms with Gasteiger partial charge in [0.25, 0.3) is 5.91 Å². The Morgan fingerprint density at radius 2 is 2.19 bits per heavy atom. The van der Waals surface area contributed by atoms with Crippen LogP contribution in [0, 0.1) is 0 Å². The van der Waals surface area contributed by atoms with Gasteiger partial charge in [-0.3, -0.25) is 4.79 Å². The van der Waals surface area contributed by atoms with Crippen molar-refractivity contribution in [2.24, 2.45) is 0 Å². The van der Waals surface area contributed by atoms with Crippen LogP contribution < -0.4 is 5.32 Å². The van der Waals surface area contributed by atoms with Crippen LogP contribution in [0.4, 0.5) is 0 Å². The molecule has 0 bridgehead atoms. The highest BCUT2D eigenvalue weighted by molar-refractivity contribution is 9.10. The Morgan fingerprint density at radius 3 is 2.69 bits per heavy atom. The summed E-state index contributed by atoms with van der Waals surface area (Å²) < 4.78 is 0.744. The van der Waals surface area contributed by atoms with Crippen molar-refractivity contribution in [3.8, 4) is 0 Å². The van der Waals surface area contributed by atoms with Crippen molar-refractivity contribution in [1.82, 2.24) is 5.32 Å². The van der Waals surface area contributed by atoms with Crippen LogP contribution in [0.3, 0.4) is 0 Å². The normalized spacial score (nSPS) is 11.3. The first-order valence-electron chi connectivity index (χ1n) is 4.75. The van der Waals surface area contributed by atoms with E-state index in [1.54, 1.807) is 32.0 Å². The van der Waals surface area contributed by atoms with Crippen LogP contribution >= 0.6 is 27.5 Å². The van der Waals surface area contributed by atoms with E-state index in [2.05, 4.69) is 21.2 Å². The highest BCUT2D eigenvalue weighted by atomic mass is 79.9. The molecule has 0 atom stereocenters. The Kier molecular flexibility index (Phi) is 4.35. The lowest BCUT2D eigenvalue weighted by molar-refractivity contribution is 0.0694. The van der Waals surface area contributed by atoms with Gasteiger partial charge >= 0.3 is 0 Å². The fourth-order valence-electron chi connectivity index (χ4n) is 1.04. The maximum absolute atomic E-state index is 11.7. The SMILES string of the molecule is CC(C)(O)CNC(=O)c1ccc(Br)c(Cl)c1. The van der Waals surface area contributed by atoms with E-state index in [-0.39, 0.29) is 12.5 Å². The lowest BCUT2D eigenvalue weighted by Gasteiger charge is -2.17. The van der Waals surface area contributed by atoms with Gasteiger partial charge in [-0.05, 0) is 48.0 Å². The second-order valence-electron chi connectivity index (χ2n) is 4.12. The van der Waals surface area contributed by atoms with Crippen molar-refractivity contribution in [2.75, 3.05) is 6.54 Å². The Balaban J connectivity index is 2.70. The second-order valence-corrected chi connectivity index (χ2v) is 5.39. The van der Waals surface area contributed by atoms with Gasteiger partial charge in [0.15, 0.2) is 0 Å². The molecular formula is C11H13BrClNO2. The van der Waals surface area contributed by atoms with Gasteiger partial charge in [-0.1, -0.05) is 11.6 Å². The molecule has 1 aromatic rings. The molecule has 0 saturated carbocycles. The van der Waals surface area contributed by atoms with Crippen LogP contribution in [0.5, 0.6) is 0 Å². The summed E-state index contributed by atoms with van der Waals surface area (Å²) >= 11 is 9.12. The number of benzene rings is 1. The molecule has 16 heavy (non-hydrogen) atoms. The van der Waals surface area contributed by atoms with Crippen molar-refractivity contribution in [3.63, 3.8) is 0 Å². The largest absolute Gasteiger partial charge is 0.389 e. The first-order valence-corrected chi connectivity index (χ1v) is 5.92. The smallest absolute Gasteiger partial charge is 0.251 e. The number of hydrogen-bond acceptors (Lipinski definition) is 2. The first kappa shape index (κ1) is 13.5. The van der Waals surface area contributed by atoms with E-state index in [1.165, 1.54) is 0 Å². The van der Waals surface area contributed by atoms with Crippen molar-refractivity contribution in [1.29, 1.82) is 0 Å². The Bertz CT molecular complexity index is 401. The van der Waals surface area contributed by atoms with Crippen molar-refractivity contribution >= 4 is 33.4 Å². The van der Waals surface area contributed by atoms with Gasteiger partial charge in [0.1, 0.15) is 0 Å². The van der Waals surface area contributed by atoms with Crippen LogP contribution in [-0.4, -0.2) is 23.2 Å². The van der Waals surface area contributed by atoms with Crippen LogP contribution in [0.15, 0.2) is 22.7 Å². The lowest BCUT2D eigenvalue weighted by Crippen LogP contribution is -2.38. The summed E-state index contributed by atoms with van der Waals surface area (Å²) in [6.45, 7) is 3.45. The molecule has 0 heterocycles. The fourth-order valence-corrected chi connectivity index (χ4v) is 1.46. The molecule has 88 valence electrons. The molecule has 2 N–H and O–H groups in total. The van der Waals surface area contributed by atoms with Gasteiger partial charge in [0.05, 0.1) is 10.6 Å². The van der Waals surface area contributed by atoms with Gasteiger partial charge in [-0.15, -0.1) is 0 Å². The topological polar surface area (TPSA) is 49.3 Å². The summed E-state index contributed by atoms with van der Waals surface area (Å²) in [7, 11) is 0. The van der Waals surface area contributed by atoms with Crippen LogP contribution in [0.1, 0.15) is 24.2 Å². The Hall–Kier alpha value is -0.580. The molecule has 1 aromatic carbocycles. The third kappa shape index (κ3) is 4.12. The number of carbonyl (C=O) groups excluding carboxylic acids is 1. The maximum atomic E-state index is 11.7. The molecule has 0 unspecified atom stereocenters. The molecular weight excluding hydrogens is 293 g/mol. The zero-order valence-corrected chi connectivity index (χ0v) is 11.4.